The van der Waals surface area contributed by atoms with Crippen molar-refractivity contribution in [2.75, 3.05) is 6.61 Å². The van der Waals surface area contributed by atoms with E-state index < -0.39 is 7.92 Å². The predicted molar refractivity (Wildman–Crippen MR) is 110 cm³/mol. The van der Waals surface area contributed by atoms with Crippen LogP contribution >= 0.6 is 7.92 Å². The molecule has 0 radical (unpaired) electrons. The molecule has 3 rings (SSSR count). The fraction of sp³-hybridized carbons (Fsp3) is 0.0870. The molecule has 0 heterocycles. The highest BCUT2D eigenvalue weighted by Crippen LogP contribution is 2.48. The van der Waals surface area contributed by atoms with Gasteiger partial charge in [-0.2, -0.15) is 0 Å². The van der Waals surface area contributed by atoms with Crippen LogP contribution in [0, 0.1) is 0 Å². The van der Waals surface area contributed by atoms with Gasteiger partial charge < -0.3 is 4.74 Å². The molecule has 0 atom stereocenters. The Labute approximate surface area is 155 Å². The molecule has 0 bridgehead atoms. The van der Waals surface area contributed by atoms with Gasteiger partial charge in [0.05, 0.1) is 6.61 Å². The van der Waals surface area contributed by atoms with E-state index in [1.165, 1.54) is 10.6 Å². The van der Waals surface area contributed by atoms with Crippen LogP contribution in [0.4, 0.5) is 0 Å². The monoisotopic (exact) mass is 360 g/mol. The van der Waals surface area contributed by atoms with E-state index in [-0.39, 0.29) is 5.97 Å². The maximum absolute atomic E-state index is 12.3. The smallest absolute Gasteiger partial charge is 0.331 e. The Morgan fingerprint density at radius 3 is 1.73 bits per heavy atom. The second kappa shape index (κ2) is 9.12. The molecule has 0 aromatic heterocycles. The zero-order valence-corrected chi connectivity index (χ0v) is 15.6. The second-order valence-corrected chi connectivity index (χ2v) is 7.84. The summed E-state index contributed by atoms with van der Waals surface area (Å²) in [6.07, 6.45) is 1.66. The Hall–Kier alpha value is -2.70. The first-order valence-corrected chi connectivity index (χ1v) is 9.98. The van der Waals surface area contributed by atoms with Crippen molar-refractivity contribution in [3.8, 4) is 0 Å². The zero-order valence-electron chi connectivity index (χ0n) is 14.7. The molecule has 0 spiro atoms. The van der Waals surface area contributed by atoms with Crippen molar-refractivity contribution in [3.63, 3.8) is 0 Å². The average Bonchev–Trinajstić information content (AvgIpc) is 2.70. The molecule has 0 unspecified atom stereocenters. The summed E-state index contributed by atoms with van der Waals surface area (Å²) in [4.78, 5) is 12.3. The van der Waals surface area contributed by atoms with Gasteiger partial charge in [0.15, 0.2) is 0 Å². The van der Waals surface area contributed by atoms with E-state index >= 15 is 0 Å². The Morgan fingerprint density at radius 2 is 1.27 bits per heavy atom. The number of hydrogen-bond acceptors (Lipinski definition) is 2. The summed E-state index contributed by atoms with van der Waals surface area (Å²) in [5, 5.41) is 3.40. The maximum atomic E-state index is 12.3. The Balaban J connectivity index is 2.17. The normalized spacial score (nSPS) is 11.4. The van der Waals surface area contributed by atoms with Crippen molar-refractivity contribution >= 4 is 29.8 Å². The molecule has 0 amide bonds. The van der Waals surface area contributed by atoms with E-state index in [0.717, 1.165) is 10.9 Å². The minimum Gasteiger partial charge on any atom is -0.463 e. The van der Waals surface area contributed by atoms with Gasteiger partial charge >= 0.3 is 5.97 Å². The number of carbonyl (C=O) groups is 1. The molecule has 0 saturated carbocycles. The molecule has 0 aliphatic carbocycles. The minimum absolute atomic E-state index is 0.300. The predicted octanol–water partition coefficient (Wildman–Crippen LogP) is 4.72. The Morgan fingerprint density at radius 1 is 0.808 bits per heavy atom. The summed E-state index contributed by atoms with van der Waals surface area (Å²) in [6.45, 7) is 2.19. The maximum Gasteiger partial charge on any atom is 0.331 e. The summed E-state index contributed by atoms with van der Waals surface area (Å²) in [7, 11) is -0.874. The van der Waals surface area contributed by atoms with E-state index in [2.05, 4.69) is 24.3 Å². The molecule has 3 aromatic carbocycles. The van der Waals surface area contributed by atoms with Gasteiger partial charge in [-0.3, -0.25) is 0 Å². The Kier molecular flexibility index (Phi) is 6.35. The standard InChI is InChI=1S/C23H21O2P/c1-2-25-23(24)18-22(19-12-6-3-7-13-19)26(20-14-8-4-9-15-20)21-16-10-5-11-17-21/h3-18H,2H2,1H3/b22-18-. The second-order valence-electron chi connectivity index (χ2n) is 5.65. The summed E-state index contributed by atoms with van der Waals surface area (Å²) in [6, 6.07) is 30.8. The van der Waals surface area contributed by atoms with Crippen molar-refractivity contribution in [2.24, 2.45) is 0 Å². The van der Waals surface area contributed by atoms with Crippen LogP contribution in [-0.4, -0.2) is 12.6 Å². The van der Waals surface area contributed by atoms with Gasteiger partial charge in [0.2, 0.25) is 0 Å². The first kappa shape index (κ1) is 18.1. The van der Waals surface area contributed by atoms with Crippen LogP contribution in [-0.2, 0) is 9.53 Å². The van der Waals surface area contributed by atoms with Crippen LogP contribution in [0.3, 0.4) is 0 Å². The van der Waals surface area contributed by atoms with E-state index in [9.17, 15) is 4.79 Å². The topological polar surface area (TPSA) is 26.3 Å². The molecule has 130 valence electrons. The lowest BCUT2D eigenvalue weighted by Crippen LogP contribution is -2.13. The molecule has 3 aromatic rings. The third-order valence-corrected chi connectivity index (χ3v) is 6.38. The van der Waals surface area contributed by atoms with Gasteiger partial charge in [-0.15, -0.1) is 0 Å². The lowest BCUT2D eigenvalue weighted by molar-refractivity contribution is -0.137. The van der Waals surface area contributed by atoms with Crippen molar-refractivity contribution in [1.29, 1.82) is 0 Å². The number of ether oxygens (including phenoxy) is 1. The van der Waals surface area contributed by atoms with E-state index in [1.54, 1.807) is 6.08 Å². The highest BCUT2D eigenvalue weighted by molar-refractivity contribution is 7.82. The van der Waals surface area contributed by atoms with E-state index in [0.29, 0.717) is 6.61 Å². The first-order valence-electron chi connectivity index (χ1n) is 8.63. The number of benzene rings is 3. The highest BCUT2D eigenvalue weighted by atomic mass is 31.1. The van der Waals surface area contributed by atoms with Crippen LogP contribution < -0.4 is 10.6 Å². The third kappa shape index (κ3) is 4.47. The molecule has 2 nitrogen and oxygen atoms in total. The van der Waals surface area contributed by atoms with Gasteiger partial charge in [0, 0.05) is 6.08 Å². The van der Waals surface area contributed by atoms with Gasteiger partial charge in [0.25, 0.3) is 0 Å². The summed E-state index contributed by atoms with van der Waals surface area (Å²) in [5.74, 6) is -0.300. The van der Waals surface area contributed by atoms with Crippen LogP contribution in [0.5, 0.6) is 0 Å². The number of carbonyl (C=O) groups excluding carboxylic acids is 1. The van der Waals surface area contributed by atoms with Crippen LogP contribution in [0.2, 0.25) is 0 Å². The van der Waals surface area contributed by atoms with E-state index in [1.807, 2.05) is 73.7 Å². The number of esters is 1. The Bertz CT molecular complexity index is 819. The fourth-order valence-corrected chi connectivity index (χ4v) is 5.20. The van der Waals surface area contributed by atoms with Gasteiger partial charge in [-0.05, 0) is 36.3 Å². The molecular formula is C23H21O2P. The van der Waals surface area contributed by atoms with Crippen molar-refractivity contribution in [3.05, 3.63) is 103 Å². The molecule has 26 heavy (non-hydrogen) atoms. The van der Waals surface area contributed by atoms with Gasteiger partial charge in [-0.1, -0.05) is 91.0 Å². The lowest BCUT2D eigenvalue weighted by Gasteiger charge is -2.22. The fourth-order valence-electron chi connectivity index (χ4n) is 2.76. The van der Waals surface area contributed by atoms with Crippen LogP contribution in [0.15, 0.2) is 97.1 Å². The average molecular weight is 360 g/mol. The molecular weight excluding hydrogens is 339 g/mol. The largest absolute Gasteiger partial charge is 0.463 e. The number of hydrogen-bond donors (Lipinski definition) is 0. The molecule has 3 heteroatoms. The van der Waals surface area contributed by atoms with Crippen LogP contribution in [0.1, 0.15) is 12.5 Å². The number of rotatable bonds is 6. The third-order valence-electron chi connectivity index (χ3n) is 3.88. The van der Waals surface area contributed by atoms with Crippen molar-refractivity contribution in [1.82, 2.24) is 0 Å². The van der Waals surface area contributed by atoms with Crippen molar-refractivity contribution in [2.45, 2.75) is 6.92 Å². The van der Waals surface area contributed by atoms with Gasteiger partial charge in [-0.25, -0.2) is 4.79 Å². The zero-order chi connectivity index (χ0) is 18.2. The quantitative estimate of drug-likeness (QED) is 0.361. The first-order chi connectivity index (χ1) is 12.8. The van der Waals surface area contributed by atoms with Crippen LogP contribution in [0.25, 0.3) is 5.31 Å². The molecule has 0 aliphatic rings. The molecule has 0 fully saturated rings. The van der Waals surface area contributed by atoms with Gasteiger partial charge in [0.1, 0.15) is 0 Å². The van der Waals surface area contributed by atoms with Crippen molar-refractivity contribution < 1.29 is 9.53 Å². The minimum atomic E-state index is -0.874. The SMILES string of the molecule is CCOC(=O)/C=C(/c1ccccc1)P(c1ccccc1)c1ccccc1. The molecule has 0 aliphatic heterocycles. The lowest BCUT2D eigenvalue weighted by atomic mass is 10.2. The molecule has 0 saturated heterocycles. The summed E-state index contributed by atoms with van der Waals surface area (Å²) >= 11 is 0. The summed E-state index contributed by atoms with van der Waals surface area (Å²) in [5.41, 5.74) is 1.04. The highest BCUT2D eigenvalue weighted by Gasteiger charge is 2.21. The van der Waals surface area contributed by atoms with E-state index in [4.69, 9.17) is 4.74 Å². The summed E-state index contributed by atoms with van der Waals surface area (Å²) < 4.78 is 5.21. The molecule has 0 N–H and O–H groups in total.